The summed E-state index contributed by atoms with van der Waals surface area (Å²) in [5, 5.41) is 3.46. The summed E-state index contributed by atoms with van der Waals surface area (Å²) in [6, 6.07) is 12.6. The summed E-state index contributed by atoms with van der Waals surface area (Å²) in [5.41, 5.74) is 0.586. The third-order valence-corrected chi connectivity index (χ3v) is 5.99. The van der Waals surface area contributed by atoms with E-state index in [2.05, 4.69) is 10.1 Å². The molecule has 2 heterocycles. The van der Waals surface area contributed by atoms with Gasteiger partial charge in [-0.25, -0.2) is 0 Å². The molecule has 1 N–H and O–H groups in total. The number of hydrogen-bond donors (Lipinski definition) is 1. The molecule has 1 spiro atoms. The summed E-state index contributed by atoms with van der Waals surface area (Å²) in [6.07, 6.45) is -7.54. The van der Waals surface area contributed by atoms with E-state index in [0.29, 0.717) is 12.8 Å². The molecule has 0 amide bonds. The van der Waals surface area contributed by atoms with Crippen LogP contribution in [0.5, 0.6) is 11.5 Å². The highest BCUT2D eigenvalue weighted by Crippen LogP contribution is 2.50. The summed E-state index contributed by atoms with van der Waals surface area (Å²) in [4.78, 5) is 0. The van der Waals surface area contributed by atoms with E-state index in [1.165, 1.54) is 0 Å². The molecule has 2 aliphatic heterocycles. The van der Waals surface area contributed by atoms with Crippen molar-refractivity contribution in [1.82, 2.24) is 5.32 Å². The minimum atomic E-state index is -4.93. The molecule has 0 bridgehead atoms. The maximum Gasteiger partial charge on any atom is 0.573 e. The van der Waals surface area contributed by atoms with E-state index in [0.717, 1.165) is 36.7 Å². The molecule has 2 fully saturated rings. The molecule has 4 nitrogen and oxygen atoms in total. The van der Waals surface area contributed by atoms with E-state index in [1.807, 2.05) is 30.3 Å². The lowest BCUT2D eigenvalue weighted by atomic mass is 9.77. The highest BCUT2D eigenvalue weighted by molar-refractivity contribution is 5.85. The zero-order valence-electron chi connectivity index (χ0n) is 17.9. The Labute approximate surface area is 199 Å². The number of nitrogens with one attached hydrogen (secondary N) is 1. The molecule has 2 saturated heterocycles. The van der Waals surface area contributed by atoms with Crippen molar-refractivity contribution in [2.45, 2.75) is 49.4 Å². The van der Waals surface area contributed by atoms with Gasteiger partial charge in [-0.1, -0.05) is 30.3 Å². The molecule has 0 aliphatic carbocycles. The topological polar surface area (TPSA) is 39.7 Å². The lowest BCUT2D eigenvalue weighted by Gasteiger charge is -2.41. The van der Waals surface area contributed by atoms with Gasteiger partial charge in [0.05, 0.1) is 18.2 Å². The monoisotopic (exact) mass is 511 g/mol. The molecule has 0 unspecified atom stereocenters. The normalized spacial score (nSPS) is 25.1. The van der Waals surface area contributed by atoms with Crippen LogP contribution in [-0.2, 0) is 4.74 Å². The number of halogens is 7. The molecular weight excluding hydrogens is 488 g/mol. The van der Waals surface area contributed by atoms with Crippen molar-refractivity contribution in [2.75, 3.05) is 19.8 Å². The molecule has 2 aliphatic rings. The molecule has 0 saturated carbocycles. The Morgan fingerprint density at radius 2 is 1.76 bits per heavy atom. The molecule has 188 valence electrons. The first-order valence-electron chi connectivity index (χ1n) is 10.6. The highest BCUT2D eigenvalue weighted by atomic mass is 35.5. The van der Waals surface area contributed by atoms with Crippen LogP contribution in [0.15, 0.2) is 48.5 Å². The van der Waals surface area contributed by atoms with Crippen molar-refractivity contribution in [3.05, 3.63) is 59.7 Å². The predicted molar refractivity (Wildman–Crippen MR) is 114 cm³/mol. The number of ether oxygens (including phenoxy) is 3. The van der Waals surface area contributed by atoms with Gasteiger partial charge in [-0.05, 0) is 49.6 Å². The van der Waals surface area contributed by atoms with E-state index >= 15 is 0 Å². The van der Waals surface area contributed by atoms with Gasteiger partial charge in [0.1, 0.15) is 11.5 Å². The van der Waals surface area contributed by atoms with Gasteiger partial charge >= 0.3 is 12.5 Å². The first-order valence-corrected chi connectivity index (χ1v) is 10.6. The molecule has 3 atom stereocenters. The summed E-state index contributed by atoms with van der Waals surface area (Å²) in [5.74, 6) is -1.11. The number of benzene rings is 2. The Bertz CT molecular complexity index is 956. The summed E-state index contributed by atoms with van der Waals surface area (Å²) < 4.78 is 91.7. The van der Waals surface area contributed by atoms with Crippen LogP contribution in [-0.4, -0.2) is 37.9 Å². The molecule has 0 radical (unpaired) electrons. The average molecular weight is 512 g/mol. The molecule has 11 heteroatoms. The zero-order valence-corrected chi connectivity index (χ0v) is 18.7. The van der Waals surface area contributed by atoms with Crippen LogP contribution < -0.4 is 14.8 Å². The third-order valence-electron chi connectivity index (χ3n) is 5.99. The maximum atomic E-state index is 12.7. The van der Waals surface area contributed by atoms with E-state index in [1.54, 1.807) is 0 Å². The predicted octanol–water partition coefficient (Wildman–Crippen LogP) is 6.32. The van der Waals surface area contributed by atoms with Gasteiger partial charge in [-0.15, -0.1) is 25.6 Å². The van der Waals surface area contributed by atoms with Crippen molar-refractivity contribution in [3.63, 3.8) is 0 Å². The van der Waals surface area contributed by atoms with Crippen LogP contribution in [0, 0.1) is 0 Å². The maximum absolute atomic E-state index is 12.7. The van der Waals surface area contributed by atoms with Gasteiger partial charge in [-0.3, -0.25) is 0 Å². The van der Waals surface area contributed by atoms with E-state index in [4.69, 9.17) is 9.47 Å². The summed E-state index contributed by atoms with van der Waals surface area (Å²) >= 11 is 0. The standard InChI is InChI=1S/C23H23F6NO3.ClH/c24-22(25,26)14-31-19-8-7-17(33-23(27,28)29)11-18(19)16-12-21(32-13-16)9-4-10-30-20(21)15-5-2-1-3-6-15;/h1-3,5-8,11,16,20,30H,4,9-10,12-14H2;1H/t16-,20+,21-;/m1./s1. The average Bonchev–Trinajstić information content (AvgIpc) is 3.16. The van der Waals surface area contributed by atoms with Crippen molar-refractivity contribution in [1.29, 1.82) is 0 Å². The van der Waals surface area contributed by atoms with Gasteiger partial charge in [0.2, 0.25) is 0 Å². The van der Waals surface area contributed by atoms with E-state index in [-0.39, 0.29) is 36.4 Å². The fourth-order valence-electron chi connectivity index (χ4n) is 4.74. The lowest BCUT2D eigenvalue weighted by molar-refractivity contribution is -0.274. The highest BCUT2D eigenvalue weighted by Gasteiger charge is 2.49. The third kappa shape index (κ3) is 6.28. The van der Waals surface area contributed by atoms with Crippen molar-refractivity contribution >= 4 is 12.4 Å². The molecule has 2 aromatic carbocycles. The molecular formula is C23H24ClF6NO3. The number of hydrogen-bond acceptors (Lipinski definition) is 4. The fourth-order valence-corrected chi connectivity index (χ4v) is 4.74. The number of rotatable bonds is 5. The zero-order chi connectivity index (χ0) is 23.7. The van der Waals surface area contributed by atoms with E-state index < -0.39 is 36.4 Å². The van der Waals surface area contributed by atoms with Crippen molar-refractivity contribution in [2.24, 2.45) is 0 Å². The second-order valence-electron chi connectivity index (χ2n) is 8.33. The first-order chi connectivity index (χ1) is 15.5. The second kappa shape index (κ2) is 10.2. The van der Waals surface area contributed by atoms with E-state index in [9.17, 15) is 26.3 Å². The summed E-state index contributed by atoms with van der Waals surface area (Å²) in [6.45, 7) is -0.626. The minimum absolute atomic E-state index is 0. The molecule has 34 heavy (non-hydrogen) atoms. The van der Waals surface area contributed by atoms with Crippen LogP contribution >= 0.6 is 12.4 Å². The SMILES string of the molecule is Cl.FC(F)(F)COc1ccc(OC(F)(F)F)cc1[C@H]1CO[C@]2(CCCN[C@H]2c2ccccc2)C1. The van der Waals surface area contributed by atoms with Crippen molar-refractivity contribution < 1.29 is 40.6 Å². The van der Waals surface area contributed by atoms with Crippen molar-refractivity contribution in [3.8, 4) is 11.5 Å². The van der Waals surface area contributed by atoms with Crippen LogP contribution in [0.3, 0.4) is 0 Å². The van der Waals surface area contributed by atoms with Gasteiger partial charge in [0.25, 0.3) is 0 Å². The van der Waals surface area contributed by atoms with Crippen LogP contribution in [0.4, 0.5) is 26.3 Å². The Morgan fingerprint density at radius 3 is 2.44 bits per heavy atom. The van der Waals surface area contributed by atoms with Crippen LogP contribution in [0.25, 0.3) is 0 Å². The number of alkyl halides is 6. The smallest absolute Gasteiger partial charge is 0.484 e. The Hall–Kier alpha value is -2.17. The molecule has 0 aromatic heterocycles. The quantitative estimate of drug-likeness (QED) is 0.477. The van der Waals surface area contributed by atoms with Gasteiger partial charge < -0.3 is 19.5 Å². The van der Waals surface area contributed by atoms with Crippen LogP contribution in [0.1, 0.15) is 42.3 Å². The largest absolute Gasteiger partial charge is 0.573 e. The second-order valence-corrected chi connectivity index (χ2v) is 8.33. The Balaban J connectivity index is 0.00000324. The first kappa shape index (κ1) is 26.4. The number of piperidine rings is 1. The summed E-state index contributed by atoms with van der Waals surface area (Å²) in [7, 11) is 0. The minimum Gasteiger partial charge on any atom is -0.484 e. The Morgan fingerprint density at radius 1 is 1.03 bits per heavy atom. The molecule has 4 rings (SSSR count). The van der Waals surface area contributed by atoms with Gasteiger partial charge in [0, 0.05) is 11.5 Å². The Kier molecular flexibility index (Phi) is 7.94. The van der Waals surface area contributed by atoms with Gasteiger partial charge in [-0.2, -0.15) is 13.2 Å². The fraction of sp³-hybridized carbons (Fsp3) is 0.478. The molecule has 2 aromatic rings. The lowest BCUT2D eigenvalue weighted by Crippen LogP contribution is -2.48. The van der Waals surface area contributed by atoms with Gasteiger partial charge in [0.15, 0.2) is 6.61 Å². The van der Waals surface area contributed by atoms with Crippen LogP contribution in [0.2, 0.25) is 0 Å².